The van der Waals surface area contributed by atoms with Gasteiger partial charge in [0.15, 0.2) is 0 Å². The first kappa shape index (κ1) is 23.9. The maximum absolute atomic E-state index is 13.7. The summed E-state index contributed by atoms with van der Waals surface area (Å²) in [7, 11) is 0. The van der Waals surface area contributed by atoms with Crippen molar-refractivity contribution in [3.63, 3.8) is 0 Å². The molecular formula is C15H22F7NO4. The van der Waals surface area contributed by atoms with Gasteiger partial charge in [-0.25, -0.2) is 0 Å². The molecule has 0 spiro atoms. The third-order valence-corrected chi connectivity index (χ3v) is 3.73. The Labute approximate surface area is 151 Å². The molecule has 1 fully saturated rings. The van der Waals surface area contributed by atoms with Crippen LogP contribution in [0, 0.1) is 0 Å². The van der Waals surface area contributed by atoms with Crippen molar-refractivity contribution in [1.82, 2.24) is 4.90 Å². The van der Waals surface area contributed by atoms with Crippen LogP contribution < -0.4 is 0 Å². The van der Waals surface area contributed by atoms with E-state index < -0.39 is 49.5 Å². The van der Waals surface area contributed by atoms with E-state index >= 15 is 0 Å². The van der Waals surface area contributed by atoms with Crippen LogP contribution in [0.3, 0.4) is 0 Å². The van der Waals surface area contributed by atoms with Crippen LogP contribution >= 0.6 is 0 Å². The molecule has 0 aliphatic carbocycles. The zero-order valence-corrected chi connectivity index (χ0v) is 14.7. The first-order valence-electron chi connectivity index (χ1n) is 8.20. The number of nitrogens with zero attached hydrogens (tertiary/aromatic N) is 1. The highest BCUT2D eigenvalue weighted by molar-refractivity contribution is 5.66. The fourth-order valence-electron chi connectivity index (χ4n) is 2.42. The van der Waals surface area contributed by atoms with Crippen molar-refractivity contribution in [3.05, 3.63) is 0 Å². The van der Waals surface area contributed by atoms with Gasteiger partial charge in [0, 0.05) is 26.6 Å². The highest BCUT2D eigenvalue weighted by atomic mass is 19.4. The second kappa shape index (κ2) is 9.87. The number of carbonyl (C=O) groups is 1. The van der Waals surface area contributed by atoms with Crippen LogP contribution in [0.4, 0.5) is 30.7 Å². The normalized spacial score (nSPS) is 18.4. The van der Waals surface area contributed by atoms with Gasteiger partial charge in [0.05, 0.1) is 32.8 Å². The number of alkyl halides is 7. The third kappa shape index (κ3) is 9.06. The molecule has 0 aromatic rings. The average Bonchev–Trinajstić information content (AvgIpc) is 2.49. The Balaban J connectivity index is 2.57. The number of halogens is 7. The lowest BCUT2D eigenvalue weighted by Crippen LogP contribution is -2.47. The van der Waals surface area contributed by atoms with Crippen LogP contribution in [0.1, 0.15) is 19.8 Å². The molecule has 5 nitrogen and oxygen atoms in total. The molecule has 0 radical (unpaired) electrons. The molecule has 1 unspecified atom stereocenters. The lowest BCUT2D eigenvalue weighted by molar-refractivity contribution is -0.272. The van der Waals surface area contributed by atoms with Gasteiger partial charge in [0.25, 0.3) is 0 Å². The van der Waals surface area contributed by atoms with E-state index in [1.165, 1.54) is 0 Å². The molecule has 0 aromatic carbocycles. The second-order valence-corrected chi connectivity index (χ2v) is 6.17. The zero-order valence-electron chi connectivity index (χ0n) is 14.7. The van der Waals surface area contributed by atoms with Gasteiger partial charge in [0.1, 0.15) is 12.5 Å². The van der Waals surface area contributed by atoms with Crippen molar-refractivity contribution in [2.75, 3.05) is 46.1 Å². The molecule has 0 saturated carbocycles. The summed E-state index contributed by atoms with van der Waals surface area (Å²) in [6.07, 6.45) is -12.0. The molecule has 0 N–H and O–H groups in total. The molecule has 12 heteroatoms. The van der Waals surface area contributed by atoms with Crippen molar-refractivity contribution in [2.45, 2.75) is 43.9 Å². The highest BCUT2D eigenvalue weighted by Crippen LogP contribution is 2.45. The maximum atomic E-state index is 13.7. The summed E-state index contributed by atoms with van der Waals surface area (Å²) in [5.41, 5.74) is 0. The minimum atomic E-state index is -5.47. The first-order chi connectivity index (χ1) is 12.3. The van der Waals surface area contributed by atoms with Crippen LogP contribution in [0.25, 0.3) is 0 Å². The van der Waals surface area contributed by atoms with E-state index in [0.717, 1.165) is 6.92 Å². The van der Waals surface area contributed by atoms with Gasteiger partial charge in [-0.1, -0.05) is 0 Å². The molecule has 1 aliphatic rings. The number of morpholine rings is 1. The van der Waals surface area contributed by atoms with Crippen LogP contribution in [-0.2, 0) is 19.0 Å². The van der Waals surface area contributed by atoms with Crippen LogP contribution in [-0.4, -0.2) is 81.1 Å². The summed E-state index contributed by atoms with van der Waals surface area (Å²) in [4.78, 5) is 12.9. The van der Waals surface area contributed by atoms with Crippen LogP contribution in [0.2, 0.25) is 0 Å². The van der Waals surface area contributed by atoms with Gasteiger partial charge in [-0.15, -0.1) is 0 Å². The Hall–Kier alpha value is -1.14. The summed E-state index contributed by atoms with van der Waals surface area (Å²) in [6, 6.07) is 0. The molecular weight excluding hydrogens is 391 g/mol. The van der Waals surface area contributed by atoms with Gasteiger partial charge in [-0.3, -0.25) is 9.69 Å². The SMILES string of the molecule is CC(=O)OC(COCCN1CCOCC1)CC(F)(F)C(F)(F)CC(F)(F)F. The first-order valence-corrected chi connectivity index (χ1v) is 8.20. The molecule has 0 bridgehead atoms. The number of rotatable bonds is 10. The standard InChI is InChI=1S/C15H22F7NO4/c1-11(24)27-12(9-26-7-4-23-2-5-25-6-3-23)8-13(16,17)14(18,19)10-15(20,21)22/h12H,2-10H2,1H3. The molecule has 27 heavy (non-hydrogen) atoms. The molecule has 160 valence electrons. The Bertz CT molecular complexity index is 468. The lowest BCUT2D eigenvalue weighted by atomic mass is 10.0. The predicted molar refractivity (Wildman–Crippen MR) is 78.8 cm³/mol. The number of hydrogen-bond acceptors (Lipinski definition) is 5. The van der Waals surface area contributed by atoms with Crippen molar-refractivity contribution < 1.29 is 49.7 Å². The largest absolute Gasteiger partial charge is 0.460 e. The second-order valence-electron chi connectivity index (χ2n) is 6.17. The van der Waals surface area contributed by atoms with E-state index in [1.54, 1.807) is 0 Å². The Morgan fingerprint density at radius 3 is 2.19 bits per heavy atom. The molecule has 0 aromatic heterocycles. The van der Waals surface area contributed by atoms with Crippen molar-refractivity contribution >= 4 is 5.97 Å². The van der Waals surface area contributed by atoms with Gasteiger partial charge in [0.2, 0.25) is 0 Å². The maximum Gasteiger partial charge on any atom is 0.395 e. The lowest BCUT2D eigenvalue weighted by Gasteiger charge is -2.30. The van der Waals surface area contributed by atoms with Gasteiger partial charge in [-0.05, 0) is 0 Å². The summed E-state index contributed by atoms with van der Waals surface area (Å²) in [6.45, 7) is 3.01. The summed E-state index contributed by atoms with van der Waals surface area (Å²) >= 11 is 0. The quantitative estimate of drug-likeness (QED) is 0.313. The van der Waals surface area contributed by atoms with Crippen molar-refractivity contribution in [1.29, 1.82) is 0 Å². The Morgan fingerprint density at radius 2 is 1.67 bits per heavy atom. The predicted octanol–water partition coefficient (Wildman–Crippen LogP) is 2.88. The molecule has 1 atom stereocenters. The molecule has 0 amide bonds. The topological polar surface area (TPSA) is 48.0 Å². The molecule has 1 saturated heterocycles. The minimum Gasteiger partial charge on any atom is -0.460 e. The van der Waals surface area contributed by atoms with E-state index in [0.29, 0.717) is 32.8 Å². The number of carbonyl (C=O) groups excluding carboxylic acids is 1. The van der Waals surface area contributed by atoms with Crippen LogP contribution in [0.5, 0.6) is 0 Å². The molecule has 1 aliphatic heterocycles. The average molecular weight is 413 g/mol. The number of esters is 1. The fraction of sp³-hybridized carbons (Fsp3) is 0.933. The summed E-state index contributed by atoms with van der Waals surface area (Å²) in [5, 5.41) is 0. The van der Waals surface area contributed by atoms with E-state index in [1.807, 2.05) is 4.90 Å². The summed E-state index contributed by atoms with van der Waals surface area (Å²) < 4.78 is 105. The van der Waals surface area contributed by atoms with Gasteiger partial charge < -0.3 is 14.2 Å². The van der Waals surface area contributed by atoms with Gasteiger partial charge >= 0.3 is 24.0 Å². The Morgan fingerprint density at radius 1 is 1.07 bits per heavy atom. The van der Waals surface area contributed by atoms with E-state index in [9.17, 15) is 35.5 Å². The highest BCUT2D eigenvalue weighted by Gasteiger charge is 2.61. The number of ether oxygens (including phenoxy) is 3. The van der Waals surface area contributed by atoms with Crippen molar-refractivity contribution in [3.8, 4) is 0 Å². The number of hydrogen-bond donors (Lipinski definition) is 0. The molecule has 1 rings (SSSR count). The zero-order chi connectivity index (χ0) is 20.7. The van der Waals surface area contributed by atoms with Crippen molar-refractivity contribution in [2.24, 2.45) is 0 Å². The monoisotopic (exact) mass is 413 g/mol. The fourth-order valence-corrected chi connectivity index (χ4v) is 2.42. The summed E-state index contributed by atoms with van der Waals surface area (Å²) in [5.74, 6) is -11.4. The smallest absolute Gasteiger partial charge is 0.395 e. The van der Waals surface area contributed by atoms with E-state index in [2.05, 4.69) is 4.74 Å². The van der Waals surface area contributed by atoms with Crippen LogP contribution in [0.15, 0.2) is 0 Å². The van der Waals surface area contributed by atoms with Gasteiger partial charge in [-0.2, -0.15) is 30.7 Å². The Kier molecular flexibility index (Phi) is 8.74. The third-order valence-electron chi connectivity index (χ3n) is 3.73. The minimum absolute atomic E-state index is 0.0439. The van der Waals surface area contributed by atoms with E-state index in [4.69, 9.17) is 9.47 Å². The molecule has 1 heterocycles. The van der Waals surface area contributed by atoms with E-state index in [-0.39, 0.29) is 6.61 Å².